The summed E-state index contributed by atoms with van der Waals surface area (Å²) < 4.78 is 5.24. The van der Waals surface area contributed by atoms with Gasteiger partial charge in [-0.15, -0.1) is 0 Å². The molecule has 0 aromatic heterocycles. The Hall–Kier alpha value is -2.70. The standard InChI is InChI=1S/C23H28N2O5/c1-12(2)20(23(29)30-11-17(26)24-16-7-5-4-6-13(16)3)25-21(27)18-14-8-9-15(10-14)19(18)22(25)28/h4-7,12,14-15,18-20H,8-11H2,1-3H3,(H,24,26)/t14-,15-,18-,19+,20-/m0/s1. The van der Waals surface area contributed by atoms with Crippen LogP contribution in [-0.2, 0) is 23.9 Å². The number of likely N-dealkylation sites (tertiary alicyclic amines) is 1. The molecule has 3 aliphatic rings. The second kappa shape index (κ2) is 7.85. The van der Waals surface area contributed by atoms with Gasteiger partial charge in [0.1, 0.15) is 6.04 Å². The Morgan fingerprint density at radius 3 is 2.27 bits per heavy atom. The zero-order chi connectivity index (χ0) is 21.6. The molecule has 7 heteroatoms. The number of imide groups is 1. The molecular weight excluding hydrogens is 384 g/mol. The highest BCUT2D eigenvalue weighted by molar-refractivity contribution is 6.08. The molecule has 5 atom stereocenters. The summed E-state index contributed by atoms with van der Waals surface area (Å²) >= 11 is 0. The Kier molecular flexibility index (Phi) is 5.38. The first-order valence-electron chi connectivity index (χ1n) is 10.7. The molecule has 1 aliphatic heterocycles. The summed E-state index contributed by atoms with van der Waals surface area (Å²) in [7, 11) is 0. The van der Waals surface area contributed by atoms with Crippen LogP contribution in [0.25, 0.3) is 0 Å². The number of aryl methyl sites for hydroxylation is 1. The fraction of sp³-hybridized carbons (Fsp3) is 0.565. The third-order valence-electron chi connectivity index (χ3n) is 6.88. The first kappa shape index (κ1) is 20.6. The van der Waals surface area contributed by atoms with Crippen molar-refractivity contribution >= 4 is 29.4 Å². The number of rotatable bonds is 6. The smallest absolute Gasteiger partial charge is 0.330 e. The quantitative estimate of drug-likeness (QED) is 0.573. The summed E-state index contributed by atoms with van der Waals surface area (Å²) in [6, 6.07) is 6.30. The van der Waals surface area contributed by atoms with Gasteiger partial charge in [0.25, 0.3) is 5.91 Å². The second-order valence-corrected chi connectivity index (χ2v) is 9.09. The first-order chi connectivity index (χ1) is 14.3. The van der Waals surface area contributed by atoms with Crippen molar-refractivity contribution in [1.29, 1.82) is 0 Å². The number of esters is 1. The number of hydrogen-bond donors (Lipinski definition) is 1. The summed E-state index contributed by atoms with van der Waals surface area (Å²) in [6.07, 6.45) is 2.90. The van der Waals surface area contributed by atoms with Gasteiger partial charge in [0.15, 0.2) is 6.61 Å². The van der Waals surface area contributed by atoms with Crippen LogP contribution in [0.2, 0.25) is 0 Å². The van der Waals surface area contributed by atoms with E-state index in [4.69, 9.17) is 4.74 Å². The fourth-order valence-corrected chi connectivity index (χ4v) is 5.50. The minimum Gasteiger partial charge on any atom is -0.454 e. The van der Waals surface area contributed by atoms with Gasteiger partial charge in [-0.25, -0.2) is 4.79 Å². The SMILES string of the molecule is Cc1ccccc1NC(=O)COC(=O)[C@H](C(C)C)N1C(=O)[C@@H]2[C@H]3CC[C@@H](C3)[C@@H]2C1=O. The predicted molar refractivity (Wildman–Crippen MR) is 109 cm³/mol. The molecule has 7 nitrogen and oxygen atoms in total. The van der Waals surface area contributed by atoms with Crippen molar-refractivity contribution in [2.75, 3.05) is 11.9 Å². The van der Waals surface area contributed by atoms with Crippen LogP contribution in [0.5, 0.6) is 0 Å². The first-order valence-corrected chi connectivity index (χ1v) is 10.7. The monoisotopic (exact) mass is 412 g/mol. The van der Waals surface area contributed by atoms with Crippen LogP contribution in [0.4, 0.5) is 5.69 Å². The molecule has 0 unspecified atom stereocenters. The summed E-state index contributed by atoms with van der Waals surface area (Å²) in [5.41, 5.74) is 1.54. The molecule has 1 aromatic carbocycles. The summed E-state index contributed by atoms with van der Waals surface area (Å²) in [6.45, 7) is 4.96. The molecule has 2 bridgehead atoms. The van der Waals surface area contributed by atoms with Gasteiger partial charge in [-0.3, -0.25) is 19.3 Å². The van der Waals surface area contributed by atoms with Crippen LogP contribution in [0.3, 0.4) is 0 Å². The van der Waals surface area contributed by atoms with E-state index < -0.39 is 24.5 Å². The molecule has 30 heavy (non-hydrogen) atoms. The third-order valence-corrected chi connectivity index (χ3v) is 6.88. The zero-order valence-electron chi connectivity index (χ0n) is 17.6. The van der Waals surface area contributed by atoms with E-state index >= 15 is 0 Å². The Bertz CT molecular complexity index is 867. The average Bonchev–Trinajstić information content (AvgIpc) is 3.38. The minimum atomic E-state index is -0.999. The number of carbonyl (C=O) groups is 4. The van der Waals surface area contributed by atoms with Gasteiger partial charge in [0.05, 0.1) is 11.8 Å². The van der Waals surface area contributed by atoms with Crippen molar-refractivity contribution < 1.29 is 23.9 Å². The zero-order valence-corrected chi connectivity index (χ0v) is 17.6. The summed E-state index contributed by atoms with van der Waals surface area (Å²) in [4.78, 5) is 52.4. The van der Waals surface area contributed by atoms with E-state index in [9.17, 15) is 19.2 Å². The molecule has 2 saturated carbocycles. The Labute approximate surface area is 176 Å². The highest BCUT2D eigenvalue weighted by Gasteiger charge is 2.62. The number of fused-ring (bicyclic) bond motifs is 5. The highest BCUT2D eigenvalue weighted by Crippen LogP contribution is 2.56. The maximum atomic E-state index is 13.1. The molecule has 0 radical (unpaired) electrons. The largest absolute Gasteiger partial charge is 0.454 e. The van der Waals surface area contributed by atoms with Gasteiger partial charge >= 0.3 is 5.97 Å². The molecule has 160 valence electrons. The van der Waals surface area contributed by atoms with E-state index in [1.54, 1.807) is 26.0 Å². The predicted octanol–water partition coefficient (Wildman–Crippen LogP) is 2.53. The third kappa shape index (κ3) is 3.40. The number of hydrogen-bond acceptors (Lipinski definition) is 5. The number of para-hydroxylation sites is 1. The van der Waals surface area contributed by atoms with Gasteiger partial charge in [0.2, 0.25) is 11.8 Å². The Morgan fingerprint density at radius 1 is 1.10 bits per heavy atom. The number of anilines is 1. The molecular formula is C23H28N2O5. The van der Waals surface area contributed by atoms with Crippen LogP contribution in [-0.4, -0.2) is 41.2 Å². The lowest BCUT2D eigenvalue weighted by Crippen LogP contribution is -2.50. The molecule has 1 N–H and O–H groups in total. The molecule has 1 saturated heterocycles. The molecule has 3 fully saturated rings. The van der Waals surface area contributed by atoms with Gasteiger partial charge in [0, 0.05) is 5.69 Å². The molecule has 4 rings (SSSR count). The highest BCUT2D eigenvalue weighted by atomic mass is 16.5. The average molecular weight is 412 g/mol. The van der Waals surface area contributed by atoms with Crippen LogP contribution in [0, 0.1) is 36.5 Å². The Morgan fingerprint density at radius 2 is 1.70 bits per heavy atom. The van der Waals surface area contributed by atoms with Crippen LogP contribution in [0.15, 0.2) is 24.3 Å². The summed E-state index contributed by atoms with van der Waals surface area (Å²) in [5, 5.41) is 2.71. The van der Waals surface area contributed by atoms with E-state index in [-0.39, 0.29) is 41.4 Å². The Balaban J connectivity index is 1.42. The number of nitrogens with zero attached hydrogens (tertiary/aromatic N) is 1. The van der Waals surface area contributed by atoms with Crippen LogP contribution >= 0.6 is 0 Å². The van der Waals surface area contributed by atoms with Crippen molar-refractivity contribution in [3.63, 3.8) is 0 Å². The van der Waals surface area contributed by atoms with Gasteiger partial charge in [-0.2, -0.15) is 0 Å². The van der Waals surface area contributed by atoms with Crippen molar-refractivity contribution in [2.45, 2.75) is 46.1 Å². The lowest BCUT2D eigenvalue weighted by molar-refractivity contribution is -0.162. The van der Waals surface area contributed by atoms with Crippen molar-refractivity contribution in [1.82, 2.24) is 4.90 Å². The number of nitrogens with one attached hydrogen (secondary N) is 1. The number of benzene rings is 1. The lowest BCUT2D eigenvalue weighted by atomic mass is 9.81. The maximum Gasteiger partial charge on any atom is 0.330 e. The number of amides is 3. The van der Waals surface area contributed by atoms with E-state index in [1.807, 2.05) is 19.1 Å². The number of ether oxygens (including phenoxy) is 1. The van der Waals surface area contributed by atoms with Crippen molar-refractivity contribution in [2.24, 2.45) is 29.6 Å². The van der Waals surface area contributed by atoms with Gasteiger partial charge in [-0.05, 0) is 55.6 Å². The topological polar surface area (TPSA) is 92.8 Å². The van der Waals surface area contributed by atoms with E-state index in [2.05, 4.69) is 5.32 Å². The van der Waals surface area contributed by atoms with Crippen molar-refractivity contribution in [3.05, 3.63) is 29.8 Å². The molecule has 1 aromatic rings. The molecule has 2 aliphatic carbocycles. The van der Waals surface area contributed by atoms with E-state index in [0.717, 1.165) is 29.7 Å². The molecule has 0 spiro atoms. The second-order valence-electron chi connectivity index (χ2n) is 9.09. The van der Waals surface area contributed by atoms with Crippen LogP contribution < -0.4 is 5.32 Å². The van der Waals surface area contributed by atoms with Gasteiger partial charge in [-0.1, -0.05) is 32.0 Å². The fourth-order valence-electron chi connectivity index (χ4n) is 5.50. The molecule has 3 amide bonds. The van der Waals surface area contributed by atoms with E-state index in [0.29, 0.717) is 5.69 Å². The normalized spacial score (nSPS) is 28.1. The lowest BCUT2D eigenvalue weighted by Gasteiger charge is -2.28. The van der Waals surface area contributed by atoms with Crippen LogP contribution in [0.1, 0.15) is 38.7 Å². The maximum absolute atomic E-state index is 13.1. The summed E-state index contributed by atoms with van der Waals surface area (Å²) in [5.74, 6) is -2.01. The van der Waals surface area contributed by atoms with Crippen molar-refractivity contribution in [3.8, 4) is 0 Å². The van der Waals surface area contributed by atoms with E-state index in [1.165, 1.54) is 0 Å². The molecule has 1 heterocycles. The van der Waals surface area contributed by atoms with Gasteiger partial charge < -0.3 is 10.1 Å². The minimum absolute atomic E-state index is 0.239. The number of carbonyl (C=O) groups excluding carboxylic acids is 4.